The quantitative estimate of drug-likeness (QED) is 0.700. The van der Waals surface area contributed by atoms with Crippen LogP contribution in [0.2, 0.25) is 0 Å². The van der Waals surface area contributed by atoms with Gasteiger partial charge in [-0.1, -0.05) is 26.2 Å². The third-order valence-electron chi connectivity index (χ3n) is 3.86. The van der Waals surface area contributed by atoms with Gasteiger partial charge in [-0.3, -0.25) is 0 Å². The second kappa shape index (κ2) is 8.23. The van der Waals surface area contributed by atoms with Gasteiger partial charge in [-0.25, -0.2) is 0 Å². The second-order valence-corrected chi connectivity index (χ2v) is 7.21. The van der Waals surface area contributed by atoms with Crippen LogP contribution in [-0.4, -0.2) is 36.5 Å². The Hall–Kier alpha value is -0.120. The van der Waals surface area contributed by atoms with E-state index in [2.05, 4.69) is 12.2 Å². The Morgan fingerprint density at radius 1 is 1.32 bits per heavy atom. The van der Waals surface area contributed by atoms with Crippen molar-refractivity contribution in [2.24, 2.45) is 11.8 Å². The normalized spacial score (nSPS) is 26.4. The maximum atomic E-state index is 9.80. The molecule has 3 nitrogen and oxygen atoms in total. The summed E-state index contributed by atoms with van der Waals surface area (Å²) in [5.74, 6) is 1.80. The van der Waals surface area contributed by atoms with E-state index in [4.69, 9.17) is 4.74 Å². The lowest BCUT2D eigenvalue weighted by Crippen LogP contribution is -2.34. The third kappa shape index (κ3) is 8.61. The molecule has 0 heterocycles. The smallest absolute Gasteiger partial charge is 0.0897 e. The molecule has 1 aliphatic rings. The van der Waals surface area contributed by atoms with E-state index in [-0.39, 0.29) is 5.60 Å². The zero-order valence-corrected chi connectivity index (χ0v) is 13.2. The Bertz CT molecular complexity index is 237. The van der Waals surface area contributed by atoms with E-state index >= 15 is 0 Å². The third-order valence-corrected chi connectivity index (χ3v) is 3.86. The summed E-state index contributed by atoms with van der Waals surface area (Å²) in [7, 11) is 0. The van der Waals surface area contributed by atoms with Crippen molar-refractivity contribution in [3.8, 4) is 0 Å². The number of aliphatic hydroxyl groups is 1. The number of hydrogen-bond acceptors (Lipinski definition) is 3. The Kier molecular flexibility index (Phi) is 7.33. The minimum Gasteiger partial charge on any atom is -0.389 e. The van der Waals surface area contributed by atoms with Crippen molar-refractivity contribution < 1.29 is 9.84 Å². The molecule has 1 rings (SSSR count). The van der Waals surface area contributed by atoms with Crippen LogP contribution in [0.3, 0.4) is 0 Å². The molecule has 0 aliphatic heterocycles. The second-order valence-electron chi connectivity index (χ2n) is 7.21. The minimum atomic E-state index is -0.399. The number of rotatable bonds is 7. The first-order valence-corrected chi connectivity index (χ1v) is 7.89. The number of ether oxygens (including phenoxy) is 1. The van der Waals surface area contributed by atoms with Crippen molar-refractivity contribution in [2.45, 2.75) is 71.5 Å². The van der Waals surface area contributed by atoms with Crippen molar-refractivity contribution in [1.82, 2.24) is 5.32 Å². The molecular formula is C16H33NO2. The van der Waals surface area contributed by atoms with E-state index in [0.29, 0.717) is 13.2 Å². The Morgan fingerprint density at radius 2 is 2.05 bits per heavy atom. The van der Waals surface area contributed by atoms with Crippen LogP contribution in [0, 0.1) is 11.8 Å². The SMILES string of the molecule is CC1CCCC(CCNCC(O)COC(C)(C)C)C1. The molecule has 0 saturated heterocycles. The van der Waals surface area contributed by atoms with Crippen LogP contribution in [0.15, 0.2) is 0 Å². The fourth-order valence-electron chi connectivity index (χ4n) is 2.80. The van der Waals surface area contributed by atoms with Crippen LogP contribution in [0.25, 0.3) is 0 Å². The van der Waals surface area contributed by atoms with Gasteiger partial charge in [0.05, 0.1) is 18.3 Å². The lowest BCUT2D eigenvalue weighted by Gasteiger charge is -2.27. The minimum absolute atomic E-state index is 0.167. The summed E-state index contributed by atoms with van der Waals surface area (Å²) in [5.41, 5.74) is -0.167. The summed E-state index contributed by atoms with van der Waals surface area (Å²) in [6.07, 6.45) is 6.43. The van der Waals surface area contributed by atoms with E-state index in [1.54, 1.807) is 0 Å². The summed E-state index contributed by atoms with van der Waals surface area (Å²) in [6, 6.07) is 0. The van der Waals surface area contributed by atoms with Crippen molar-refractivity contribution in [3.05, 3.63) is 0 Å². The van der Waals surface area contributed by atoms with Gasteiger partial charge >= 0.3 is 0 Å². The molecule has 0 aromatic heterocycles. The highest BCUT2D eigenvalue weighted by molar-refractivity contribution is 4.72. The highest BCUT2D eigenvalue weighted by Gasteiger charge is 2.18. The lowest BCUT2D eigenvalue weighted by atomic mass is 9.81. The molecule has 3 atom stereocenters. The predicted molar refractivity (Wildman–Crippen MR) is 80.3 cm³/mol. The molecule has 1 saturated carbocycles. The summed E-state index contributed by atoms with van der Waals surface area (Å²) < 4.78 is 5.56. The Balaban J connectivity index is 2.00. The number of nitrogens with one attached hydrogen (secondary N) is 1. The maximum absolute atomic E-state index is 9.80. The monoisotopic (exact) mass is 271 g/mol. The Morgan fingerprint density at radius 3 is 2.68 bits per heavy atom. The van der Waals surface area contributed by atoms with E-state index in [1.807, 2.05) is 20.8 Å². The summed E-state index contributed by atoms with van der Waals surface area (Å²) in [4.78, 5) is 0. The first-order valence-electron chi connectivity index (χ1n) is 7.89. The van der Waals surface area contributed by atoms with Gasteiger partial charge in [0.25, 0.3) is 0 Å². The Labute approximate surface area is 119 Å². The van der Waals surface area contributed by atoms with E-state index < -0.39 is 6.10 Å². The van der Waals surface area contributed by atoms with Gasteiger partial charge in [0.15, 0.2) is 0 Å². The fraction of sp³-hybridized carbons (Fsp3) is 1.00. The van der Waals surface area contributed by atoms with Crippen LogP contribution in [-0.2, 0) is 4.74 Å². The number of hydrogen-bond donors (Lipinski definition) is 2. The molecule has 1 aliphatic carbocycles. The molecule has 0 aromatic carbocycles. The zero-order chi connectivity index (χ0) is 14.3. The van der Waals surface area contributed by atoms with Gasteiger partial charge < -0.3 is 15.2 Å². The van der Waals surface area contributed by atoms with E-state index in [0.717, 1.165) is 18.4 Å². The first-order chi connectivity index (χ1) is 8.87. The highest BCUT2D eigenvalue weighted by atomic mass is 16.5. The first kappa shape index (κ1) is 16.9. The van der Waals surface area contributed by atoms with Crippen LogP contribution in [0.4, 0.5) is 0 Å². The molecule has 0 bridgehead atoms. The van der Waals surface area contributed by atoms with Gasteiger partial charge in [0.2, 0.25) is 0 Å². The molecule has 0 amide bonds. The molecule has 1 fully saturated rings. The summed E-state index contributed by atoms with van der Waals surface area (Å²) >= 11 is 0. The molecule has 114 valence electrons. The van der Waals surface area contributed by atoms with Gasteiger partial charge in [0.1, 0.15) is 0 Å². The summed E-state index contributed by atoms with van der Waals surface area (Å²) in [5, 5.41) is 13.2. The van der Waals surface area contributed by atoms with Crippen molar-refractivity contribution >= 4 is 0 Å². The highest BCUT2D eigenvalue weighted by Crippen LogP contribution is 2.30. The molecular weight excluding hydrogens is 238 g/mol. The van der Waals surface area contributed by atoms with Gasteiger partial charge in [-0.05, 0) is 52.0 Å². The molecule has 0 aromatic rings. The summed E-state index contributed by atoms with van der Waals surface area (Å²) in [6.45, 7) is 10.5. The molecule has 19 heavy (non-hydrogen) atoms. The topological polar surface area (TPSA) is 41.5 Å². The number of aliphatic hydroxyl groups excluding tert-OH is 1. The van der Waals surface area contributed by atoms with Gasteiger partial charge in [0, 0.05) is 6.54 Å². The molecule has 3 heteroatoms. The predicted octanol–water partition coefficient (Wildman–Crippen LogP) is 2.97. The van der Waals surface area contributed by atoms with Gasteiger partial charge in [-0.2, -0.15) is 0 Å². The van der Waals surface area contributed by atoms with Crippen molar-refractivity contribution in [2.75, 3.05) is 19.7 Å². The lowest BCUT2D eigenvalue weighted by molar-refractivity contribution is -0.0478. The average Bonchev–Trinajstić information content (AvgIpc) is 2.31. The van der Waals surface area contributed by atoms with Crippen LogP contribution >= 0.6 is 0 Å². The van der Waals surface area contributed by atoms with Crippen LogP contribution < -0.4 is 5.32 Å². The average molecular weight is 271 g/mol. The molecule has 0 radical (unpaired) electrons. The van der Waals surface area contributed by atoms with E-state index in [1.165, 1.54) is 32.1 Å². The van der Waals surface area contributed by atoms with Crippen molar-refractivity contribution in [1.29, 1.82) is 0 Å². The van der Waals surface area contributed by atoms with Crippen LogP contribution in [0.1, 0.15) is 59.8 Å². The van der Waals surface area contributed by atoms with Gasteiger partial charge in [-0.15, -0.1) is 0 Å². The maximum Gasteiger partial charge on any atom is 0.0897 e. The van der Waals surface area contributed by atoms with Crippen molar-refractivity contribution in [3.63, 3.8) is 0 Å². The standard InChI is InChI=1S/C16H33NO2/c1-13-6-5-7-14(10-13)8-9-17-11-15(18)12-19-16(2,3)4/h13-15,17-18H,5-12H2,1-4H3. The molecule has 3 unspecified atom stereocenters. The zero-order valence-electron chi connectivity index (χ0n) is 13.2. The molecule has 2 N–H and O–H groups in total. The van der Waals surface area contributed by atoms with Crippen LogP contribution in [0.5, 0.6) is 0 Å². The van der Waals surface area contributed by atoms with E-state index in [9.17, 15) is 5.11 Å². The fourth-order valence-corrected chi connectivity index (χ4v) is 2.80. The largest absolute Gasteiger partial charge is 0.389 e. The molecule has 0 spiro atoms.